The maximum Gasteiger partial charge on any atom is 0.410 e. The molecule has 2 atom stereocenters. The number of rotatable bonds is 4. The van der Waals surface area contributed by atoms with E-state index in [1.54, 1.807) is 6.07 Å². The van der Waals surface area contributed by atoms with E-state index in [0.717, 1.165) is 47.8 Å². The van der Waals surface area contributed by atoms with Gasteiger partial charge in [0.1, 0.15) is 11.9 Å². The highest BCUT2D eigenvalue weighted by Crippen LogP contribution is 2.50. The predicted molar refractivity (Wildman–Crippen MR) is 136 cm³/mol. The lowest BCUT2D eigenvalue weighted by Crippen LogP contribution is -2.68. The van der Waals surface area contributed by atoms with Crippen molar-refractivity contribution >= 4 is 32.8 Å². The number of aromatic nitrogens is 1. The molecule has 7 nitrogen and oxygen atoms in total. The van der Waals surface area contributed by atoms with Crippen LogP contribution in [0.5, 0.6) is 0 Å². The molecule has 2 unspecified atom stereocenters. The minimum Gasteiger partial charge on any atom is -0.446 e. The monoisotopic (exact) mass is 508 g/mol. The number of likely N-dealkylation sites (tertiary alicyclic amines) is 1. The maximum atomic E-state index is 13.6. The summed E-state index contributed by atoms with van der Waals surface area (Å²) in [6.07, 6.45) is 1.71. The zero-order valence-electron chi connectivity index (χ0n) is 20.0. The van der Waals surface area contributed by atoms with E-state index in [4.69, 9.17) is 14.5 Å². The highest BCUT2D eigenvalue weighted by Gasteiger charge is 2.54. The molecule has 4 fully saturated rings. The van der Waals surface area contributed by atoms with Crippen LogP contribution in [-0.2, 0) is 16.0 Å². The second kappa shape index (κ2) is 8.68. The molecule has 36 heavy (non-hydrogen) atoms. The van der Waals surface area contributed by atoms with E-state index in [0.29, 0.717) is 31.7 Å². The van der Waals surface area contributed by atoms with Crippen molar-refractivity contribution in [3.8, 4) is 0 Å². The van der Waals surface area contributed by atoms with Crippen LogP contribution in [-0.4, -0.2) is 78.5 Å². The number of hydrogen-bond acceptors (Lipinski definition) is 7. The predicted octanol–water partition coefficient (Wildman–Crippen LogP) is 4.13. The Morgan fingerprint density at radius 2 is 1.86 bits per heavy atom. The first-order valence-corrected chi connectivity index (χ1v) is 13.5. The van der Waals surface area contributed by atoms with Gasteiger partial charge in [0.05, 0.1) is 35.5 Å². The van der Waals surface area contributed by atoms with Gasteiger partial charge in [-0.2, -0.15) is 0 Å². The fourth-order valence-electron chi connectivity index (χ4n) is 6.45. The molecule has 2 aromatic carbocycles. The quantitative estimate of drug-likeness (QED) is 0.528. The van der Waals surface area contributed by atoms with Gasteiger partial charge in [-0.3, -0.25) is 9.80 Å². The molecule has 1 aromatic heterocycles. The van der Waals surface area contributed by atoms with Crippen LogP contribution in [0.25, 0.3) is 10.2 Å². The van der Waals surface area contributed by atoms with Crippen LogP contribution in [0.1, 0.15) is 18.4 Å². The summed E-state index contributed by atoms with van der Waals surface area (Å²) in [6.45, 7) is 5.41. The average molecular weight is 509 g/mol. The van der Waals surface area contributed by atoms with Gasteiger partial charge in [-0.15, -0.1) is 0 Å². The first kappa shape index (κ1) is 22.4. The third-order valence-corrected chi connectivity index (χ3v) is 9.12. The second-order valence-electron chi connectivity index (χ2n) is 10.8. The van der Waals surface area contributed by atoms with E-state index in [9.17, 15) is 9.18 Å². The van der Waals surface area contributed by atoms with Gasteiger partial charge < -0.3 is 14.4 Å². The van der Waals surface area contributed by atoms with E-state index in [-0.39, 0.29) is 30.1 Å². The first-order chi connectivity index (χ1) is 17.5. The number of nitrogens with zero attached hydrogens (tertiary/aromatic N) is 4. The highest BCUT2D eigenvalue weighted by atomic mass is 32.1. The van der Waals surface area contributed by atoms with Gasteiger partial charge in [0.2, 0.25) is 0 Å². The lowest BCUT2D eigenvalue weighted by molar-refractivity contribution is -0.142. The molecule has 0 radical (unpaired) electrons. The van der Waals surface area contributed by atoms with Gasteiger partial charge in [-0.25, -0.2) is 14.2 Å². The Morgan fingerprint density at radius 3 is 2.61 bits per heavy atom. The summed E-state index contributed by atoms with van der Waals surface area (Å²) in [5.41, 5.74) is 2.47. The number of carbonyl (C=O) groups excluding carboxylic acids is 1. The zero-order chi connectivity index (χ0) is 24.3. The molecule has 3 aromatic rings. The van der Waals surface area contributed by atoms with Gasteiger partial charge in [0.25, 0.3) is 0 Å². The summed E-state index contributed by atoms with van der Waals surface area (Å²) in [6, 6.07) is 15.1. The van der Waals surface area contributed by atoms with Crippen LogP contribution < -0.4 is 4.90 Å². The number of carbonyl (C=O) groups is 1. The summed E-state index contributed by atoms with van der Waals surface area (Å²) >= 11 is 1.49. The molecule has 1 aliphatic carbocycles. The average Bonchev–Trinajstić information content (AvgIpc) is 3.24. The molecule has 0 N–H and O–H groups in total. The fraction of sp³-hybridized carbons (Fsp3) is 0.481. The SMILES string of the molecule is O=C(OC1CC2(C1)CN(Cc1ccccc1)C2)N1C2COCC1CN(c1nc3ccc(F)cc3s1)C2. The Bertz CT molecular complexity index is 1260. The minimum absolute atomic E-state index is 0.00945. The van der Waals surface area contributed by atoms with Crippen LogP contribution in [0.2, 0.25) is 0 Å². The van der Waals surface area contributed by atoms with E-state index in [2.05, 4.69) is 40.1 Å². The lowest BCUT2D eigenvalue weighted by Gasteiger charge is -2.59. The van der Waals surface area contributed by atoms with E-state index in [1.807, 2.05) is 4.90 Å². The van der Waals surface area contributed by atoms with Crippen molar-refractivity contribution in [2.45, 2.75) is 37.6 Å². The molecule has 1 spiro atoms. The summed E-state index contributed by atoms with van der Waals surface area (Å²) < 4.78 is 26.2. The number of piperazine rings is 1. The Labute approximate surface area is 213 Å². The third kappa shape index (κ3) is 4.03. The van der Waals surface area contributed by atoms with Crippen molar-refractivity contribution in [3.05, 3.63) is 59.9 Å². The smallest absolute Gasteiger partial charge is 0.410 e. The van der Waals surface area contributed by atoms with Crippen LogP contribution in [0.4, 0.5) is 14.3 Å². The first-order valence-electron chi connectivity index (χ1n) is 12.7. The largest absolute Gasteiger partial charge is 0.446 e. The Morgan fingerprint density at radius 1 is 1.11 bits per heavy atom. The number of hydrogen-bond donors (Lipinski definition) is 0. The molecular formula is C27H29FN4O3S. The number of morpholine rings is 1. The second-order valence-corrected chi connectivity index (χ2v) is 11.8. The molecule has 3 saturated heterocycles. The topological polar surface area (TPSA) is 58.1 Å². The number of amides is 1. The van der Waals surface area contributed by atoms with Crippen molar-refractivity contribution in [2.24, 2.45) is 5.41 Å². The fourth-order valence-corrected chi connectivity index (χ4v) is 7.45. The molecular weight excluding hydrogens is 479 g/mol. The third-order valence-electron chi connectivity index (χ3n) is 8.05. The molecule has 4 heterocycles. The van der Waals surface area contributed by atoms with Gasteiger partial charge in [0, 0.05) is 38.1 Å². The van der Waals surface area contributed by atoms with Crippen LogP contribution in [0.3, 0.4) is 0 Å². The Kier molecular flexibility index (Phi) is 5.41. The van der Waals surface area contributed by atoms with Gasteiger partial charge in [-0.1, -0.05) is 41.7 Å². The number of ether oxygens (including phenoxy) is 2. The van der Waals surface area contributed by atoms with Gasteiger partial charge in [-0.05, 0) is 36.6 Å². The number of benzene rings is 2. The summed E-state index contributed by atoms with van der Waals surface area (Å²) in [7, 11) is 0. The maximum absolute atomic E-state index is 13.6. The molecule has 9 heteroatoms. The molecule has 3 aliphatic heterocycles. The molecule has 2 bridgehead atoms. The van der Waals surface area contributed by atoms with Crippen molar-refractivity contribution in [1.29, 1.82) is 0 Å². The molecule has 188 valence electrons. The highest BCUT2D eigenvalue weighted by molar-refractivity contribution is 7.22. The molecule has 1 amide bonds. The summed E-state index contributed by atoms with van der Waals surface area (Å²) in [5, 5.41) is 0.867. The molecule has 7 rings (SSSR count). The lowest BCUT2D eigenvalue weighted by atomic mass is 9.61. The van der Waals surface area contributed by atoms with Crippen LogP contribution in [0, 0.1) is 11.2 Å². The van der Waals surface area contributed by atoms with Crippen molar-refractivity contribution in [1.82, 2.24) is 14.8 Å². The Balaban J connectivity index is 0.945. The van der Waals surface area contributed by atoms with Gasteiger partial charge in [0.15, 0.2) is 5.13 Å². The van der Waals surface area contributed by atoms with Crippen LogP contribution in [0.15, 0.2) is 48.5 Å². The zero-order valence-corrected chi connectivity index (χ0v) is 20.8. The number of thiazole rings is 1. The van der Waals surface area contributed by atoms with Crippen LogP contribution >= 0.6 is 11.3 Å². The summed E-state index contributed by atoms with van der Waals surface area (Å²) in [4.78, 5) is 24.5. The van der Waals surface area contributed by atoms with Crippen molar-refractivity contribution < 1.29 is 18.7 Å². The standard InChI is InChI=1S/C27H29FN4O3S/c28-19-6-7-23-24(8-19)36-25(29-23)31-12-20-14-34-15-21(13-31)32(20)26(33)35-22-9-27(10-22)16-30(17-27)11-18-4-2-1-3-5-18/h1-8,20-22H,9-17H2. The summed E-state index contributed by atoms with van der Waals surface area (Å²) in [5.74, 6) is -0.251. The molecule has 1 saturated carbocycles. The molecule has 4 aliphatic rings. The number of fused-ring (bicyclic) bond motifs is 3. The van der Waals surface area contributed by atoms with Crippen molar-refractivity contribution in [3.63, 3.8) is 0 Å². The van der Waals surface area contributed by atoms with E-state index in [1.165, 1.54) is 29.0 Å². The number of anilines is 1. The van der Waals surface area contributed by atoms with Gasteiger partial charge >= 0.3 is 6.09 Å². The van der Waals surface area contributed by atoms with Crippen molar-refractivity contribution in [2.75, 3.05) is 44.3 Å². The Hall–Kier alpha value is -2.75. The van der Waals surface area contributed by atoms with E-state index < -0.39 is 0 Å². The normalized spacial score (nSPS) is 25.6. The number of halogens is 1. The van der Waals surface area contributed by atoms with E-state index >= 15 is 0 Å². The minimum atomic E-state index is -0.251.